The molecule has 3 aromatic rings. The zero-order valence-electron chi connectivity index (χ0n) is 18.9. The first-order valence-corrected chi connectivity index (χ1v) is 11.5. The number of pyridine rings is 1. The molecule has 1 aromatic heterocycles. The Hall–Kier alpha value is -3.41. The van der Waals surface area contributed by atoms with Gasteiger partial charge in [0, 0.05) is 19.2 Å². The van der Waals surface area contributed by atoms with E-state index in [4.69, 9.17) is 9.47 Å². The summed E-state index contributed by atoms with van der Waals surface area (Å²) >= 11 is 0. The van der Waals surface area contributed by atoms with Crippen molar-refractivity contribution < 1.29 is 18.7 Å². The summed E-state index contributed by atoms with van der Waals surface area (Å²) < 4.78 is 25.7. The topological polar surface area (TPSA) is 51.7 Å². The number of anilines is 1. The van der Waals surface area contributed by atoms with Crippen LogP contribution in [0.2, 0.25) is 0 Å². The fraction of sp³-hybridized carbons (Fsp3) is 0.333. The molecule has 172 valence electrons. The Labute approximate surface area is 194 Å². The highest BCUT2D eigenvalue weighted by atomic mass is 19.1. The molecular formula is C27H29FN2O3. The van der Waals surface area contributed by atoms with Gasteiger partial charge in [-0.2, -0.15) is 0 Å². The number of ether oxygens (including phenoxy) is 2. The number of carbonyl (C=O) groups excluding carboxylic acids is 1. The monoisotopic (exact) mass is 448 g/mol. The Morgan fingerprint density at radius 3 is 2.85 bits per heavy atom. The van der Waals surface area contributed by atoms with Crippen molar-refractivity contribution in [2.45, 2.75) is 45.8 Å². The van der Waals surface area contributed by atoms with Gasteiger partial charge in [-0.25, -0.2) is 4.39 Å². The van der Waals surface area contributed by atoms with Gasteiger partial charge in [0.15, 0.2) is 0 Å². The first-order chi connectivity index (χ1) is 16.1. The van der Waals surface area contributed by atoms with Crippen molar-refractivity contribution in [3.8, 4) is 5.75 Å². The number of aromatic nitrogens is 1. The Balaban J connectivity index is 1.45. The van der Waals surface area contributed by atoms with Crippen molar-refractivity contribution in [3.05, 3.63) is 89.0 Å². The molecular weight excluding hydrogens is 419 g/mol. The number of hydrogen-bond acceptors (Lipinski definition) is 5. The standard InChI is InChI=1S/C27H29FN2O3/c1-2-32-26(31)14-13-21-12-11-20(17-24(21)28)19-33-25-10-5-7-22-8-6-16-30(27(22)25)18-23-9-3-4-15-29-23/h3-5,7,9-12,15,17H,2,6,8,13-14,16,18-19H2,1H3. The maximum Gasteiger partial charge on any atom is 0.306 e. The van der Waals surface area contributed by atoms with Gasteiger partial charge in [0.05, 0.1) is 24.5 Å². The van der Waals surface area contributed by atoms with Crippen molar-refractivity contribution in [1.82, 2.24) is 4.98 Å². The Morgan fingerprint density at radius 2 is 2.06 bits per heavy atom. The molecule has 4 rings (SSSR count). The van der Waals surface area contributed by atoms with E-state index >= 15 is 0 Å². The van der Waals surface area contributed by atoms with Crippen LogP contribution in [0.15, 0.2) is 60.8 Å². The van der Waals surface area contributed by atoms with Crippen molar-refractivity contribution in [1.29, 1.82) is 0 Å². The van der Waals surface area contributed by atoms with E-state index in [-0.39, 0.29) is 24.8 Å². The summed E-state index contributed by atoms with van der Waals surface area (Å²) in [7, 11) is 0. The summed E-state index contributed by atoms with van der Waals surface area (Å²) in [6.45, 7) is 4.02. The van der Waals surface area contributed by atoms with Crippen molar-refractivity contribution in [2.24, 2.45) is 0 Å². The molecule has 2 heterocycles. The van der Waals surface area contributed by atoms with Crippen molar-refractivity contribution in [3.63, 3.8) is 0 Å². The molecule has 0 radical (unpaired) electrons. The largest absolute Gasteiger partial charge is 0.487 e. The molecule has 6 heteroatoms. The Bertz CT molecular complexity index is 1090. The van der Waals surface area contributed by atoms with E-state index in [0.717, 1.165) is 48.6 Å². The van der Waals surface area contributed by atoms with Gasteiger partial charge < -0.3 is 14.4 Å². The highest BCUT2D eigenvalue weighted by Gasteiger charge is 2.22. The van der Waals surface area contributed by atoms with Gasteiger partial charge >= 0.3 is 5.97 Å². The first-order valence-electron chi connectivity index (χ1n) is 11.5. The minimum atomic E-state index is -0.327. The number of esters is 1. The van der Waals surface area contributed by atoms with E-state index in [1.165, 1.54) is 11.6 Å². The lowest BCUT2D eigenvalue weighted by Gasteiger charge is -2.32. The van der Waals surface area contributed by atoms with Gasteiger partial charge in [-0.1, -0.05) is 30.3 Å². The number of hydrogen-bond donors (Lipinski definition) is 0. The van der Waals surface area contributed by atoms with Crippen LogP contribution in [-0.2, 0) is 35.5 Å². The third-order valence-electron chi connectivity index (χ3n) is 5.77. The smallest absolute Gasteiger partial charge is 0.306 e. The quantitative estimate of drug-likeness (QED) is 0.419. The van der Waals surface area contributed by atoms with Crippen molar-refractivity contribution >= 4 is 11.7 Å². The fourth-order valence-electron chi connectivity index (χ4n) is 4.18. The number of nitrogens with zero attached hydrogens (tertiary/aromatic N) is 2. The highest BCUT2D eigenvalue weighted by Crippen LogP contribution is 2.37. The third kappa shape index (κ3) is 5.89. The van der Waals surface area contributed by atoms with Gasteiger partial charge in [-0.05, 0) is 67.1 Å². The van der Waals surface area contributed by atoms with Crippen molar-refractivity contribution in [2.75, 3.05) is 18.1 Å². The van der Waals surface area contributed by atoms with Crippen LogP contribution in [0.5, 0.6) is 5.75 Å². The number of para-hydroxylation sites is 1. The van der Waals surface area contributed by atoms with E-state index < -0.39 is 0 Å². The van der Waals surface area contributed by atoms with Gasteiger partial charge in [0.25, 0.3) is 0 Å². The summed E-state index contributed by atoms with van der Waals surface area (Å²) in [5.41, 5.74) is 4.62. The molecule has 0 atom stereocenters. The number of benzene rings is 2. The van der Waals surface area contributed by atoms with E-state index in [9.17, 15) is 9.18 Å². The van der Waals surface area contributed by atoms with E-state index in [0.29, 0.717) is 18.6 Å². The summed E-state index contributed by atoms with van der Waals surface area (Å²) in [6.07, 6.45) is 4.40. The first kappa shape index (κ1) is 22.8. The molecule has 0 bridgehead atoms. The van der Waals surface area contributed by atoms with E-state index in [1.54, 1.807) is 13.0 Å². The molecule has 0 saturated carbocycles. The van der Waals surface area contributed by atoms with Crippen LogP contribution in [0.3, 0.4) is 0 Å². The number of fused-ring (bicyclic) bond motifs is 1. The number of aryl methyl sites for hydroxylation is 2. The molecule has 0 aliphatic carbocycles. The van der Waals surface area contributed by atoms with Crippen LogP contribution in [-0.4, -0.2) is 24.1 Å². The predicted molar refractivity (Wildman–Crippen MR) is 126 cm³/mol. The maximum atomic E-state index is 14.6. The highest BCUT2D eigenvalue weighted by molar-refractivity contribution is 5.69. The lowest BCUT2D eigenvalue weighted by molar-refractivity contribution is -0.143. The van der Waals surface area contributed by atoms with Gasteiger partial charge in [-0.15, -0.1) is 0 Å². The second-order valence-electron chi connectivity index (χ2n) is 8.13. The minimum absolute atomic E-state index is 0.170. The molecule has 0 fully saturated rings. The predicted octanol–water partition coefficient (Wildman–Crippen LogP) is 5.25. The summed E-state index contributed by atoms with van der Waals surface area (Å²) in [5.74, 6) is 0.163. The normalized spacial score (nSPS) is 12.8. The van der Waals surface area contributed by atoms with Crippen LogP contribution in [0, 0.1) is 5.82 Å². The molecule has 5 nitrogen and oxygen atoms in total. The molecule has 33 heavy (non-hydrogen) atoms. The third-order valence-corrected chi connectivity index (χ3v) is 5.77. The summed E-state index contributed by atoms with van der Waals surface area (Å²) in [5, 5.41) is 0. The van der Waals surface area contributed by atoms with Gasteiger partial charge in [-0.3, -0.25) is 9.78 Å². The molecule has 1 aliphatic heterocycles. The zero-order chi connectivity index (χ0) is 23.0. The molecule has 0 saturated heterocycles. The molecule has 2 aromatic carbocycles. The number of rotatable bonds is 9. The molecule has 1 aliphatic rings. The second kappa shape index (κ2) is 10.9. The molecule has 0 amide bonds. The Kier molecular flexibility index (Phi) is 7.55. The van der Waals surface area contributed by atoms with Crippen LogP contribution in [0.25, 0.3) is 0 Å². The lowest BCUT2D eigenvalue weighted by atomic mass is 10.0. The maximum absolute atomic E-state index is 14.6. The van der Waals surface area contributed by atoms with Gasteiger partial charge in [0.1, 0.15) is 18.2 Å². The van der Waals surface area contributed by atoms with Gasteiger partial charge in [0.2, 0.25) is 0 Å². The summed E-state index contributed by atoms with van der Waals surface area (Å²) in [6, 6.07) is 17.1. The molecule has 0 unspecified atom stereocenters. The van der Waals surface area contributed by atoms with Crippen LogP contribution in [0.4, 0.5) is 10.1 Å². The van der Waals surface area contributed by atoms with E-state index in [1.807, 2.05) is 42.6 Å². The average Bonchev–Trinajstić information content (AvgIpc) is 2.83. The Morgan fingerprint density at radius 1 is 1.15 bits per heavy atom. The number of carbonyl (C=O) groups is 1. The fourth-order valence-corrected chi connectivity index (χ4v) is 4.18. The molecule has 0 N–H and O–H groups in total. The van der Waals surface area contributed by atoms with Crippen LogP contribution >= 0.6 is 0 Å². The zero-order valence-corrected chi connectivity index (χ0v) is 18.9. The second-order valence-corrected chi connectivity index (χ2v) is 8.13. The minimum Gasteiger partial charge on any atom is -0.487 e. The number of halogens is 1. The van der Waals surface area contributed by atoms with Crippen LogP contribution in [0.1, 0.15) is 42.1 Å². The summed E-state index contributed by atoms with van der Waals surface area (Å²) in [4.78, 5) is 18.3. The SMILES string of the molecule is CCOC(=O)CCc1ccc(COc2cccc3c2N(Cc2ccccn2)CCC3)cc1F. The van der Waals surface area contributed by atoms with Crippen LogP contribution < -0.4 is 9.64 Å². The lowest BCUT2D eigenvalue weighted by Crippen LogP contribution is -2.29. The molecule has 0 spiro atoms. The average molecular weight is 449 g/mol. The van der Waals surface area contributed by atoms with E-state index in [2.05, 4.69) is 16.0 Å².